The summed E-state index contributed by atoms with van der Waals surface area (Å²) in [6, 6.07) is 12.1. The van der Waals surface area contributed by atoms with Gasteiger partial charge in [0.15, 0.2) is 0 Å². The van der Waals surface area contributed by atoms with Crippen LogP contribution in [0.5, 0.6) is 0 Å². The first-order chi connectivity index (χ1) is 14.0. The van der Waals surface area contributed by atoms with E-state index in [1.807, 2.05) is 50.1 Å². The Morgan fingerprint density at radius 2 is 1.90 bits per heavy atom. The highest BCUT2D eigenvalue weighted by Gasteiger charge is 2.35. The van der Waals surface area contributed by atoms with Crippen LogP contribution >= 0.6 is 0 Å². The number of hydrogen-bond donors (Lipinski definition) is 1. The van der Waals surface area contributed by atoms with Gasteiger partial charge in [0.05, 0.1) is 23.3 Å². The average Bonchev–Trinajstić information content (AvgIpc) is 3.48. The number of carbonyl (C=O) groups excluding carboxylic acids is 1. The summed E-state index contributed by atoms with van der Waals surface area (Å²) in [4.78, 5) is 23.7. The number of aryl methyl sites for hydroxylation is 3. The highest BCUT2D eigenvalue weighted by Crippen LogP contribution is 2.33. The molecule has 29 heavy (non-hydrogen) atoms. The topological polar surface area (TPSA) is 71.7 Å². The molecule has 0 radical (unpaired) electrons. The summed E-state index contributed by atoms with van der Waals surface area (Å²) >= 11 is 0. The third kappa shape index (κ3) is 2.76. The van der Waals surface area contributed by atoms with Gasteiger partial charge in [-0.3, -0.25) is 9.48 Å². The van der Waals surface area contributed by atoms with E-state index >= 15 is 0 Å². The molecule has 7 nitrogen and oxygen atoms in total. The molecule has 5 rings (SSSR count). The molecule has 0 saturated carbocycles. The van der Waals surface area contributed by atoms with Gasteiger partial charge in [-0.05, 0) is 51.0 Å². The van der Waals surface area contributed by atoms with Crippen LogP contribution in [-0.4, -0.2) is 41.7 Å². The summed E-state index contributed by atoms with van der Waals surface area (Å²) in [5, 5.41) is 4.40. The molecular weight excluding hydrogens is 364 g/mol. The molecule has 0 unspecified atom stereocenters. The van der Waals surface area contributed by atoms with Gasteiger partial charge in [-0.15, -0.1) is 0 Å². The van der Waals surface area contributed by atoms with Gasteiger partial charge < -0.3 is 14.5 Å². The number of hydrogen-bond acceptors (Lipinski definition) is 3. The fraction of sp³-hybridized carbons (Fsp3) is 0.318. The first kappa shape index (κ1) is 17.7. The van der Waals surface area contributed by atoms with Gasteiger partial charge in [-0.2, -0.15) is 5.10 Å². The Kier molecular flexibility index (Phi) is 4.04. The van der Waals surface area contributed by atoms with E-state index in [2.05, 4.69) is 26.8 Å². The molecule has 0 bridgehead atoms. The van der Waals surface area contributed by atoms with E-state index in [9.17, 15) is 4.79 Å². The number of fused-ring (bicyclic) bond motifs is 1. The zero-order valence-corrected chi connectivity index (χ0v) is 16.9. The van der Waals surface area contributed by atoms with E-state index in [4.69, 9.17) is 4.98 Å². The van der Waals surface area contributed by atoms with E-state index in [-0.39, 0.29) is 11.9 Å². The minimum atomic E-state index is -0.0465. The van der Waals surface area contributed by atoms with E-state index in [1.165, 1.54) is 0 Å². The van der Waals surface area contributed by atoms with Crippen molar-refractivity contribution in [3.05, 3.63) is 65.4 Å². The number of imidazole rings is 1. The molecule has 0 aliphatic carbocycles. The van der Waals surface area contributed by atoms with Gasteiger partial charge >= 0.3 is 0 Å². The number of H-pyrrole nitrogens is 1. The number of carbonyl (C=O) groups is 1. The third-order valence-corrected chi connectivity index (χ3v) is 5.86. The van der Waals surface area contributed by atoms with Crippen molar-refractivity contribution in [2.24, 2.45) is 7.05 Å². The smallest absolute Gasteiger partial charge is 0.259 e. The van der Waals surface area contributed by atoms with Crippen molar-refractivity contribution in [3.8, 4) is 5.82 Å². The summed E-state index contributed by atoms with van der Waals surface area (Å²) in [6.45, 7) is 4.81. The molecule has 1 fully saturated rings. The maximum atomic E-state index is 13.6. The van der Waals surface area contributed by atoms with Crippen molar-refractivity contribution in [2.75, 3.05) is 6.54 Å². The molecule has 3 aromatic heterocycles. The number of para-hydroxylation sites is 2. The monoisotopic (exact) mass is 388 g/mol. The lowest BCUT2D eigenvalue weighted by molar-refractivity contribution is 0.0730. The van der Waals surface area contributed by atoms with Crippen LogP contribution in [0, 0.1) is 13.8 Å². The molecule has 7 heteroatoms. The van der Waals surface area contributed by atoms with Crippen molar-refractivity contribution in [2.45, 2.75) is 32.7 Å². The summed E-state index contributed by atoms with van der Waals surface area (Å²) < 4.78 is 3.87. The van der Waals surface area contributed by atoms with Crippen LogP contribution in [0.3, 0.4) is 0 Å². The number of nitrogens with one attached hydrogen (secondary N) is 1. The Bertz CT molecular complexity index is 1160. The highest BCUT2D eigenvalue weighted by molar-refractivity contribution is 5.97. The maximum Gasteiger partial charge on any atom is 0.259 e. The van der Waals surface area contributed by atoms with Crippen LogP contribution in [0.15, 0.2) is 42.6 Å². The first-order valence-electron chi connectivity index (χ1n) is 9.97. The van der Waals surface area contributed by atoms with Gasteiger partial charge in [0.1, 0.15) is 17.2 Å². The number of rotatable bonds is 3. The van der Waals surface area contributed by atoms with Crippen LogP contribution in [-0.2, 0) is 7.05 Å². The van der Waals surface area contributed by atoms with Gasteiger partial charge in [-0.25, -0.2) is 4.98 Å². The molecule has 4 heterocycles. The lowest BCUT2D eigenvalue weighted by Gasteiger charge is -2.23. The lowest BCUT2D eigenvalue weighted by atomic mass is 10.2. The minimum absolute atomic E-state index is 0.00329. The molecule has 148 valence electrons. The van der Waals surface area contributed by atoms with Crippen molar-refractivity contribution in [1.82, 2.24) is 29.2 Å². The zero-order chi connectivity index (χ0) is 20.1. The Balaban J connectivity index is 1.54. The average molecular weight is 388 g/mol. The Hall–Kier alpha value is -3.35. The number of aromatic nitrogens is 5. The molecule has 1 amide bonds. The fourth-order valence-corrected chi connectivity index (χ4v) is 4.43. The Morgan fingerprint density at radius 3 is 2.66 bits per heavy atom. The van der Waals surface area contributed by atoms with Crippen LogP contribution in [0.1, 0.15) is 46.5 Å². The van der Waals surface area contributed by atoms with Crippen LogP contribution in [0.2, 0.25) is 0 Å². The molecule has 1 aliphatic rings. The van der Waals surface area contributed by atoms with Crippen molar-refractivity contribution in [1.29, 1.82) is 0 Å². The fourth-order valence-electron chi connectivity index (χ4n) is 4.43. The molecule has 1 atom stereocenters. The van der Waals surface area contributed by atoms with Crippen molar-refractivity contribution in [3.63, 3.8) is 0 Å². The van der Waals surface area contributed by atoms with Crippen molar-refractivity contribution >= 4 is 16.9 Å². The largest absolute Gasteiger partial charge is 0.340 e. The number of nitrogens with zero attached hydrogens (tertiary/aromatic N) is 5. The highest BCUT2D eigenvalue weighted by atomic mass is 16.2. The number of amides is 1. The van der Waals surface area contributed by atoms with E-state index in [1.54, 1.807) is 10.9 Å². The standard InChI is InChI=1S/C22H24N6O/c1-14-10-11-15(2)28(14)21-16(13-23-26(21)3)22(29)27-12-6-9-19(27)20-24-17-7-4-5-8-18(17)25-20/h4-5,7-8,10-11,13,19H,6,9,12H2,1-3H3,(H,24,25)/t19-/m0/s1. The van der Waals surface area contributed by atoms with E-state index in [0.717, 1.165) is 53.4 Å². The van der Waals surface area contributed by atoms with Crippen LogP contribution in [0.4, 0.5) is 0 Å². The Labute approximate surface area is 169 Å². The van der Waals surface area contributed by atoms with Crippen molar-refractivity contribution < 1.29 is 4.79 Å². The SMILES string of the molecule is Cc1ccc(C)n1-c1c(C(=O)N2CCC[C@H]2c2nc3ccccc3[nH]2)cnn1C. The lowest BCUT2D eigenvalue weighted by Crippen LogP contribution is -2.31. The normalized spacial score (nSPS) is 16.8. The second kappa shape index (κ2) is 6.62. The number of benzene rings is 1. The number of aromatic amines is 1. The Morgan fingerprint density at radius 1 is 1.14 bits per heavy atom. The van der Waals surface area contributed by atoms with Crippen LogP contribution in [0.25, 0.3) is 16.9 Å². The van der Waals surface area contributed by atoms with Gasteiger partial charge in [0.25, 0.3) is 5.91 Å². The second-order valence-electron chi connectivity index (χ2n) is 7.75. The summed E-state index contributed by atoms with van der Waals surface area (Å²) in [5.41, 5.74) is 4.72. The molecule has 1 N–H and O–H groups in total. The first-order valence-corrected chi connectivity index (χ1v) is 9.97. The van der Waals surface area contributed by atoms with Crippen LogP contribution < -0.4 is 0 Å². The predicted octanol–water partition coefficient (Wildman–Crippen LogP) is 3.68. The predicted molar refractivity (Wildman–Crippen MR) is 111 cm³/mol. The summed E-state index contributed by atoms with van der Waals surface area (Å²) in [5.74, 6) is 1.67. The molecule has 4 aromatic rings. The maximum absolute atomic E-state index is 13.6. The number of likely N-dealkylation sites (tertiary alicyclic amines) is 1. The minimum Gasteiger partial charge on any atom is -0.340 e. The summed E-state index contributed by atoms with van der Waals surface area (Å²) in [7, 11) is 1.88. The molecule has 1 aromatic carbocycles. The zero-order valence-electron chi connectivity index (χ0n) is 16.9. The quantitative estimate of drug-likeness (QED) is 0.582. The van der Waals surface area contributed by atoms with E-state index < -0.39 is 0 Å². The van der Waals surface area contributed by atoms with Gasteiger partial charge in [-0.1, -0.05) is 12.1 Å². The molecule has 1 aliphatic heterocycles. The second-order valence-corrected chi connectivity index (χ2v) is 7.75. The van der Waals surface area contributed by atoms with E-state index in [0.29, 0.717) is 5.56 Å². The summed E-state index contributed by atoms with van der Waals surface area (Å²) in [6.07, 6.45) is 3.55. The molecule has 0 spiro atoms. The molecular formula is C22H24N6O. The third-order valence-electron chi connectivity index (χ3n) is 5.86. The van der Waals surface area contributed by atoms with Gasteiger partial charge in [0.2, 0.25) is 0 Å². The van der Waals surface area contributed by atoms with Gasteiger partial charge in [0, 0.05) is 25.0 Å². The molecule has 1 saturated heterocycles.